The molecule has 3 rings (SSSR count). The number of ether oxygens (including phenoxy) is 2. The van der Waals surface area contributed by atoms with Crippen molar-refractivity contribution in [3.63, 3.8) is 0 Å². The number of amides is 2. The van der Waals surface area contributed by atoms with Crippen molar-refractivity contribution in [3.8, 4) is 11.6 Å². The van der Waals surface area contributed by atoms with Crippen molar-refractivity contribution in [3.05, 3.63) is 48.2 Å². The van der Waals surface area contributed by atoms with Gasteiger partial charge in [-0.3, -0.25) is 9.59 Å². The highest BCUT2D eigenvalue weighted by Gasteiger charge is 2.17. The van der Waals surface area contributed by atoms with E-state index in [2.05, 4.69) is 15.6 Å². The summed E-state index contributed by atoms with van der Waals surface area (Å²) in [5.41, 5.74) is 6.17. The predicted molar refractivity (Wildman–Crippen MR) is 95.1 cm³/mol. The molecule has 1 aliphatic rings. The minimum Gasteiger partial charge on any atom is -0.439 e. The normalized spacial score (nSPS) is 16.7. The van der Waals surface area contributed by atoms with Gasteiger partial charge in [0, 0.05) is 30.6 Å². The molecule has 1 aromatic carbocycles. The summed E-state index contributed by atoms with van der Waals surface area (Å²) >= 11 is 0. The van der Waals surface area contributed by atoms with Crippen molar-refractivity contribution >= 4 is 17.5 Å². The molecule has 26 heavy (non-hydrogen) atoms. The van der Waals surface area contributed by atoms with Crippen LogP contribution in [-0.2, 0) is 9.53 Å². The zero-order valence-corrected chi connectivity index (χ0v) is 14.1. The molecule has 0 radical (unpaired) electrons. The van der Waals surface area contributed by atoms with Crippen molar-refractivity contribution < 1.29 is 19.1 Å². The lowest BCUT2D eigenvalue weighted by Gasteiger charge is -2.23. The summed E-state index contributed by atoms with van der Waals surface area (Å²) in [5, 5.41) is 6.02. The molecule has 2 amide bonds. The number of hydrogen-bond acceptors (Lipinski definition) is 6. The van der Waals surface area contributed by atoms with E-state index in [0.29, 0.717) is 42.5 Å². The van der Waals surface area contributed by atoms with Crippen molar-refractivity contribution in [2.75, 3.05) is 25.1 Å². The maximum atomic E-state index is 12.0. The van der Waals surface area contributed by atoms with Crippen molar-refractivity contribution in [2.24, 2.45) is 5.73 Å². The average molecular weight is 356 g/mol. The van der Waals surface area contributed by atoms with Gasteiger partial charge in [0.1, 0.15) is 5.75 Å². The molecular weight excluding hydrogens is 336 g/mol. The largest absolute Gasteiger partial charge is 0.439 e. The van der Waals surface area contributed by atoms with Crippen LogP contribution in [0.15, 0.2) is 42.6 Å². The fraction of sp³-hybridized carbons (Fsp3) is 0.278. The fourth-order valence-corrected chi connectivity index (χ4v) is 2.53. The van der Waals surface area contributed by atoms with Gasteiger partial charge in [0.2, 0.25) is 17.7 Å². The highest BCUT2D eigenvalue weighted by Crippen LogP contribution is 2.21. The van der Waals surface area contributed by atoms with E-state index in [9.17, 15) is 9.59 Å². The Labute approximate surface area is 150 Å². The lowest BCUT2D eigenvalue weighted by atomic mass is 10.2. The number of nitrogens with zero attached hydrogens (tertiary/aromatic N) is 1. The van der Waals surface area contributed by atoms with Crippen LogP contribution in [0.4, 0.5) is 5.69 Å². The quantitative estimate of drug-likeness (QED) is 0.718. The number of anilines is 1. The van der Waals surface area contributed by atoms with Crippen LogP contribution in [0.2, 0.25) is 0 Å². The number of benzene rings is 1. The van der Waals surface area contributed by atoms with Gasteiger partial charge in [-0.1, -0.05) is 6.07 Å². The Morgan fingerprint density at radius 3 is 2.92 bits per heavy atom. The van der Waals surface area contributed by atoms with Gasteiger partial charge in [-0.15, -0.1) is 0 Å². The topological polar surface area (TPSA) is 116 Å². The zero-order valence-electron chi connectivity index (χ0n) is 14.1. The number of carbonyl (C=O) groups excluding carboxylic acids is 2. The molecule has 0 spiro atoms. The maximum Gasteiger partial charge on any atom is 0.248 e. The lowest BCUT2D eigenvalue weighted by molar-refractivity contribution is -0.117. The first-order chi connectivity index (χ1) is 12.6. The van der Waals surface area contributed by atoms with E-state index < -0.39 is 5.91 Å². The zero-order chi connectivity index (χ0) is 18.4. The summed E-state index contributed by atoms with van der Waals surface area (Å²) in [5.74, 6) is 0.151. The third-order valence-electron chi connectivity index (χ3n) is 3.79. The molecule has 136 valence electrons. The van der Waals surface area contributed by atoms with Crippen LogP contribution in [0.5, 0.6) is 11.6 Å². The van der Waals surface area contributed by atoms with Gasteiger partial charge >= 0.3 is 0 Å². The molecular formula is C18H20N4O4. The van der Waals surface area contributed by atoms with Crippen LogP contribution in [0.1, 0.15) is 16.8 Å². The van der Waals surface area contributed by atoms with Crippen LogP contribution in [-0.4, -0.2) is 42.6 Å². The van der Waals surface area contributed by atoms with Crippen molar-refractivity contribution in [1.82, 2.24) is 10.3 Å². The summed E-state index contributed by atoms with van der Waals surface area (Å²) in [6.45, 7) is 1.96. The second-order valence-electron chi connectivity index (χ2n) is 5.86. The number of nitrogens with two attached hydrogens (primary N) is 1. The van der Waals surface area contributed by atoms with Gasteiger partial charge in [-0.25, -0.2) is 4.98 Å². The number of hydrogen-bond donors (Lipinski definition) is 3. The number of carbonyl (C=O) groups is 2. The van der Waals surface area contributed by atoms with E-state index in [4.69, 9.17) is 15.2 Å². The summed E-state index contributed by atoms with van der Waals surface area (Å²) in [6, 6.07) is 9.87. The number of morpholine rings is 1. The van der Waals surface area contributed by atoms with E-state index >= 15 is 0 Å². The van der Waals surface area contributed by atoms with E-state index in [1.807, 2.05) is 0 Å². The first-order valence-electron chi connectivity index (χ1n) is 8.25. The molecule has 8 heteroatoms. The van der Waals surface area contributed by atoms with Crippen LogP contribution < -0.4 is 21.1 Å². The Bertz CT molecular complexity index is 773. The molecule has 8 nitrogen and oxygen atoms in total. The van der Waals surface area contributed by atoms with Crippen LogP contribution >= 0.6 is 0 Å². The molecule has 1 saturated heterocycles. The van der Waals surface area contributed by atoms with Crippen molar-refractivity contribution in [2.45, 2.75) is 12.5 Å². The first kappa shape index (κ1) is 17.8. The Balaban J connectivity index is 1.55. The van der Waals surface area contributed by atoms with Gasteiger partial charge in [0.05, 0.1) is 25.1 Å². The Kier molecular flexibility index (Phi) is 5.77. The van der Waals surface area contributed by atoms with Crippen molar-refractivity contribution in [1.29, 1.82) is 0 Å². The number of nitrogens with one attached hydrogen (secondary N) is 2. The molecule has 2 heterocycles. The fourth-order valence-electron chi connectivity index (χ4n) is 2.53. The highest BCUT2D eigenvalue weighted by molar-refractivity contribution is 5.93. The van der Waals surface area contributed by atoms with Gasteiger partial charge in [-0.05, 0) is 24.3 Å². The molecule has 1 unspecified atom stereocenters. The van der Waals surface area contributed by atoms with Gasteiger partial charge in [0.15, 0.2) is 0 Å². The minimum absolute atomic E-state index is 0.0249. The van der Waals surface area contributed by atoms with Gasteiger partial charge in [-0.2, -0.15) is 0 Å². The second kappa shape index (κ2) is 8.41. The molecule has 1 fully saturated rings. The molecule has 0 bridgehead atoms. The molecule has 0 saturated carbocycles. The highest BCUT2D eigenvalue weighted by atomic mass is 16.5. The SMILES string of the molecule is NC(=O)c1cccc(Oc2ccc(NC(=O)CC3COCCN3)cn2)c1. The van der Waals surface area contributed by atoms with E-state index in [1.54, 1.807) is 36.4 Å². The number of primary amides is 1. The van der Waals surface area contributed by atoms with E-state index in [1.165, 1.54) is 6.20 Å². The minimum atomic E-state index is -0.528. The summed E-state index contributed by atoms with van der Waals surface area (Å²) in [6.07, 6.45) is 1.84. The molecule has 4 N–H and O–H groups in total. The smallest absolute Gasteiger partial charge is 0.248 e. The Morgan fingerprint density at radius 1 is 1.35 bits per heavy atom. The Morgan fingerprint density at radius 2 is 2.23 bits per heavy atom. The third-order valence-corrected chi connectivity index (χ3v) is 3.79. The standard InChI is InChI=1S/C18H20N4O4/c19-18(24)12-2-1-3-15(8-12)26-17-5-4-13(10-21-17)22-16(23)9-14-11-25-7-6-20-14/h1-5,8,10,14,20H,6-7,9,11H2,(H2,19,24)(H,22,23). The number of pyridine rings is 1. The molecule has 1 atom stereocenters. The maximum absolute atomic E-state index is 12.0. The summed E-state index contributed by atoms with van der Waals surface area (Å²) < 4.78 is 10.9. The summed E-state index contributed by atoms with van der Waals surface area (Å²) in [4.78, 5) is 27.4. The van der Waals surface area contributed by atoms with E-state index in [0.717, 1.165) is 6.54 Å². The Hall–Kier alpha value is -2.97. The third kappa shape index (κ3) is 5.01. The average Bonchev–Trinajstić information content (AvgIpc) is 2.64. The predicted octanol–water partition coefficient (Wildman–Crippen LogP) is 1.29. The molecule has 1 aliphatic heterocycles. The summed E-state index contributed by atoms with van der Waals surface area (Å²) in [7, 11) is 0. The van der Waals surface area contributed by atoms with Gasteiger partial charge < -0.3 is 25.8 Å². The number of aromatic nitrogens is 1. The van der Waals surface area contributed by atoms with Crippen LogP contribution in [0.3, 0.4) is 0 Å². The van der Waals surface area contributed by atoms with E-state index in [-0.39, 0.29) is 11.9 Å². The number of rotatable bonds is 6. The van der Waals surface area contributed by atoms with Crippen LogP contribution in [0.25, 0.3) is 0 Å². The second-order valence-corrected chi connectivity index (χ2v) is 5.86. The van der Waals surface area contributed by atoms with Gasteiger partial charge in [0.25, 0.3) is 0 Å². The molecule has 2 aromatic rings. The van der Waals surface area contributed by atoms with Crippen LogP contribution in [0, 0.1) is 0 Å². The monoisotopic (exact) mass is 356 g/mol. The lowest BCUT2D eigenvalue weighted by Crippen LogP contribution is -2.43. The molecule has 0 aliphatic carbocycles. The first-order valence-corrected chi connectivity index (χ1v) is 8.25. The molecule has 1 aromatic heterocycles.